The molecular formula is C39H28N2S. The molecular weight excluding hydrogens is 529 g/mol. The van der Waals surface area contributed by atoms with E-state index in [1.807, 2.05) is 11.3 Å². The summed E-state index contributed by atoms with van der Waals surface area (Å²) in [4.78, 5) is 3.76. The molecule has 42 heavy (non-hydrogen) atoms. The van der Waals surface area contributed by atoms with Gasteiger partial charge in [-0.05, 0) is 63.4 Å². The van der Waals surface area contributed by atoms with Crippen LogP contribution in [0.3, 0.4) is 0 Å². The van der Waals surface area contributed by atoms with E-state index in [1.54, 1.807) is 0 Å². The molecule has 0 fully saturated rings. The van der Waals surface area contributed by atoms with Gasteiger partial charge in [0.2, 0.25) is 0 Å². The molecule has 0 saturated carbocycles. The lowest BCUT2D eigenvalue weighted by molar-refractivity contribution is 0.867. The molecule has 1 aliphatic heterocycles. The molecule has 0 radical (unpaired) electrons. The minimum atomic E-state index is 0.846. The summed E-state index contributed by atoms with van der Waals surface area (Å²) in [5, 5.41) is 7.41. The number of nitrogens with one attached hydrogen (secondary N) is 1. The van der Waals surface area contributed by atoms with Gasteiger partial charge in [-0.1, -0.05) is 115 Å². The molecule has 2 nitrogen and oxygen atoms in total. The minimum Gasteiger partial charge on any atom is -0.384 e. The van der Waals surface area contributed by atoms with Gasteiger partial charge < -0.3 is 10.2 Å². The lowest BCUT2D eigenvalue weighted by atomic mass is 9.97. The number of hydrogen-bond donors (Lipinski definition) is 1. The third-order valence-corrected chi connectivity index (χ3v) is 9.30. The third kappa shape index (κ3) is 4.27. The van der Waals surface area contributed by atoms with Gasteiger partial charge in [0.15, 0.2) is 0 Å². The number of fused-ring (bicyclic) bond motifs is 4. The molecule has 1 aromatic heterocycles. The first kappa shape index (κ1) is 24.7. The first-order valence-corrected chi connectivity index (χ1v) is 15.1. The van der Waals surface area contributed by atoms with Crippen molar-refractivity contribution in [3.8, 4) is 22.3 Å². The van der Waals surface area contributed by atoms with E-state index in [0.29, 0.717) is 0 Å². The molecule has 0 spiro atoms. The Kier molecular flexibility index (Phi) is 6.09. The largest absolute Gasteiger partial charge is 0.384 e. The first-order chi connectivity index (χ1) is 20.8. The van der Waals surface area contributed by atoms with Crippen molar-refractivity contribution in [3.63, 3.8) is 0 Å². The molecule has 0 unspecified atom stereocenters. The van der Waals surface area contributed by atoms with Crippen LogP contribution in [-0.2, 0) is 6.54 Å². The number of anilines is 2. The molecule has 1 N–H and O–H groups in total. The number of rotatable bonds is 5. The zero-order valence-corrected chi connectivity index (χ0v) is 23.8. The summed E-state index contributed by atoms with van der Waals surface area (Å²) < 4.78 is 1.32. The normalized spacial score (nSPS) is 12.5. The van der Waals surface area contributed by atoms with Gasteiger partial charge in [-0.15, -0.1) is 11.3 Å². The fourth-order valence-electron chi connectivity index (χ4n) is 6.12. The van der Waals surface area contributed by atoms with E-state index in [2.05, 4.69) is 162 Å². The molecule has 1 aliphatic rings. The van der Waals surface area contributed by atoms with Gasteiger partial charge in [-0.2, -0.15) is 0 Å². The first-order valence-electron chi connectivity index (χ1n) is 14.3. The molecule has 6 aromatic carbocycles. The highest BCUT2D eigenvalue weighted by Crippen LogP contribution is 2.44. The number of benzene rings is 6. The van der Waals surface area contributed by atoms with Crippen LogP contribution in [0.25, 0.3) is 48.8 Å². The van der Waals surface area contributed by atoms with Crippen LogP contribution in [0.2, 0.25) is 0 Å². The molecule has 3 heteroatoms. The highest BCUT2D eigenvalue weighted by atomic mass is 32.1. The predicted octanol–water partition coefficient (Wildman–Crippen LogP) is 10.6. The Morgan fingerprint density at radius 1 is 0.524 bits per heavy atom. The second-order valence-electron chi connectivity index (χ2n) is 10.6. The predicted molar refractivity (Wildman–Crippen MR) is 180 cm³/mol. The molecule has 0 amide bonds. The Morgan fingerprint density at radius 3 is 1.93 bits per heavy atom. The standard InChI is InChI=1S/C39H28N2S/c1-2-9-27(10-3-1)28-17-21-31(22-18-28)41(36-25-40-26-38-39(36)35-14-6-7-16-37(35)42-38)32-23-19-30(20-24-32)34-15-8-12-29-11-4-5-13-33(29)34/h1-25,40H,26H2. The lowest BCUT2D eigenvalue weighted by Crippen LogP contribution is -2.22. The summed E-state index contributed by atoms with van der Waals surface area (Å²) in [6.07, 6.45) is 2.19. The highest BCUT2D eigenvalue weighted by Gasteiger charge is 2.25. The fourth-order valence-corrected chi connectivity index (χ4v) is 7.28. The van der Waals surface area contributed by atoms with Crippen molar-refractivity contribution >= 4 is 49.3 Å². The van der Waals surface area contributed by atoms with Gasteiger partial charge in [-0.25, -0.2) is 0 Å². The topological polar surface area (TPSA) is 15.3 Å². The van der Waals surface area contributed by atoms with Crippen LogP contribution in [0, 0.1) is 0 Å². The molecule has 8 rings (SSSR count). The van der Waals surface area contributed by atoms with Crippen LogP contribution in [0.5, 0.6) is 0 Å². The molecule has 2 heterocycles. The summed E-state index contributed by atoms with van der Waals surface area (Å²) in [5.74, 6) is 0. The van der Waals surface area contributed by atoms with E-state index in [1.165, 1.54) is 59.3 Å². The van der Waals surface area contributed by atoms with Crippen LogP contribution in [0.1, 0.15) is 10.4 Å². The highest BCUT2D eigenvalue weighted by molar-refractivity contribution is 7.19. The average molecular weight is 557 g/mol. The number of nitrogens with zero attached hydrogens (tertiary/aromatic N) is 1. The molecule has 7 aromatic rings. The molecule has 0 atom stereocenters. The van der Waals surface area contributed by atoms with Crippen molar-refractivity contribution in [2.75, 3.05) is 4.90 Å². The second kappa shape index (κ2) is 10.4. The maximum Gasteiger partial charge on any atom is 0.0708 e. The van der Waals surface area contributed by atoms with E-state index in [-0.39, 0.29) is 0 Å². The minimum absolute atomic E-state index is 0.846. The van der Waals surface area contributed by atoms with Crippen molar-refractivity contribution in [2.24, 2.45) is 0 Å². The van der Waals surface area contributed by atoms with E-state index in [0.717, 1.165) is 17.9 Å². The fraction of sp³-hybridized carbons (Fsp3) is 0.0256. The lowest BCUT2D eigenvalue weighted by Gasteiger charge is -2.31. The number of hydrogen-bond acceptors (Lipinski definition) is 3. The van der Waals surface area contributed by atoms with Gasteiger partial charge >= 0.3 is 0 Å². The summed E-state index contributed by atoms with van der Waals surface area (Å²) in [5.41, 5.74) is 9.64. The third-order valence-electron chi connectivity index (χ3n) is 8.13. The van der Waals surface area contributed by atoms with Crippen LogP contribution in [0.15, 0.2) is 152 Å². The number of thiophene rings is 1. The monoisotopic (exact) mass is 556 g/mol. The van der Waals surface area contributed by atoms with E-state index < -0.39 is 0 Å². The average Bonchev–Trinajstić information content (AvgIpc) is 3.45. The molecule has 200 valence electrons. The van der Waals surface area contributed by atoms with Gasteiger partial charge in [0.1, 0.15) is 0 Å². The van der Waals surface area contributed by atoms with Crippen molar-refractivity contribution in [2.45, 2.75) is 6.54 Å². The Bertz CT molecular complexity index is 2070. The summed E-state index contributed by atoms with van der Waals surface area (Å²) in [6.45, 7) is 0.846. The Labute approximate surface area is 249 Å². The Hall–Kier alpha value is -5.12. The van der Waals surface area contributed by atoms with Crippen LogP contribution < -0.4 is 10.2 Å². The maximum atomic E-state index is 3.57. The van der Waals surface area contributed by atoms with Crippen molar-refractivity contribution in [1.29, 1.82) is 0 Å². The zero-order chi connectivity index (χ0) is 27.9. The van der Waals surface area contributed by atoms with E-state index in [9.17, 15) is 0 Å². The van der Waals surface area contributed by atoms with Crippen molar-refractivity contribution in [1.82, 2.24) is 5.32 Å². The van der Waals surface area contributed by atoms with Crippen LogP contribution in [0.4, 0.5) is 11.4 Å². The van der Waals surface area contributed by atoms with Crippen LogP contribution in [-0.4, -0.2) is 0 Å². The van der Waals surface area contributed by atoms with E-state index >= 15 is 0 Å². The Morgan fingerprint density at radius 2 is 1.14 bits per heavy atom. The second-order valence-corrected chi connectivity index (χ2v) is 11.8. The van der Waals surface area contributed by atoms with Gasteiger partial charge in [0.25, 0.3) is 0 Å². The van der Waals surface area contributed by atoms with Gasteiger partial charge in [0, 0.05) is 44.6 Å². The smallest absolute Gasteiger partial charge is 0.0708 e. The summed E-state index contributed by atoms with van der Waals surface area (Å²) in [7, 11) is 0. The van der Waals surface area contributed by atoms with Crippen LogP contribution >= 0.6 is 11.3 Å². The molecule has 0 bridgehead atoms. The SMILES string of the molecule is C1=C(N(c2ccc(-c3ccccc3)cc2)c2ccc(-c3cccc4ccccc34)cc2)c2c(sc3ccccc23)CN1. The van der Waals surface area contributed by atoms with E-state index in [4.69, 9.17) is 0 Å². The van der Waals surface area contributed by atoms with Crippen molar-refractivity contribution in [3.05, 3.63) is 162 Å². The maximum absolute atomic E-state index is 3.57. The van der Waals surface area contributed by atoms with Crippen molar-refractivity contribution < 1.29 is 0 Å². The molecule has 0 aliphatic carbocycles. The summed E-state index contributed by atoms with van der Waals surface area (Å²) >= 11 is 1.88. The van der Waals surface area contributed by atoms with Gasteiger partial charge in [-0.3, -0.25) is 0 Å². The molecule has 0 saturated heterocycles. The zero-order valence-electron chi connectivity index (χ0n) is 23.0. The van der Waals surface area contributed by atoms with Gasteiger partial charge in [0.05, 0.1) is 5.70 Å². The summed E-state index contributed by atoms with van der Waals surface area (Å²) in [6, 6.07) is 52.4. The Balaban J connectivity index is 1.26. The quantitative estimate of drug-likeness (QED) is 0.227.